The molecule has 0 radical (unpaired) electrons. The highest BCUT2D eigenvalue weighted by Crippen LogP contribution is 2.21. The molecule has 108 valence electrons. The van der Waals surface area contributed by atoms with Gasteiger partial charge >= 0.3 is 0 Å². The highest BCUT2D eigenvalue weighted by molar-refractivity contribution is 5.57. The summed E-state index contributed by atoms with van der Waals surface area (Å²) in [7, 11) is 0. The molecule has 1 aliphatic rings. The van der Waals surface area contributed by atoms with E-state index >= 15 is 0 Å². The second-order valence-electron chi connectivity index (χ2n) is 5.08. The lowest BCUT2D eigenvalue weighted by Gasteiger charge is -2.17. The third-order valence-electron chi connectivity index (χ3n) is 3.46. The van der Waals surface area contributed by atoms with E-state index in [1.807, 2.05) is 6.07 Å². The molecule has 0 heterocycles. The molecule has 0 aromatic heterocycles. The van der Waals surface area contributed by atoms with Crippen LogP contribution in [-0.4, -0.2) is 30.5 Å². The van der Waals surface area contributed by atoms with Gasteiger partial charge in [-0.1, -0.05) is 12.8 Å². The van der Waals surface area contributed by atoms with E-state index < -0.39 is 11.9 Å². The van der Waals surface area contributed by atoms with Crippen molar-refractivity contribution in [1.29, 1.82) is 5.26 Å². The molecule has 1 aromatic rings. The molecule has 0 amide bonds. The van der Waals surface area contributed by atoms with Crippen molar-refractivity contribution in [3.05, 3.63) is 29.6 Å². The zero-order valence-electron chi connectivity index (χ0n) is 11.3. The lowest BCUT2D eigenvalue weighted by Crippen LogP contribution is -2.27. The summed E-state index contributed by atoms with van der Waals surface area (Å²) in [6, 6.07) is 5.87. The molecule has 20 heavy (non-hydrogen) atoms. The molecule has 0 bridgehead atoms. The number of aliphatic hydroxyl groups excluding tert-OH is 1. The van der Waals surface area contributed by atoms with Crippen LogP contribution in [0.25, 0.3) is 0 Å². The van der Waals surface area contributed by atoms with Crippen molar-refractivity contribution in [3.8, 4) is 6.07 Å². The van der Waals surface area contributed by atoms with Crippen molar-refractivity contribution in [2.24, 2.45) is 0 Å². The Morgan fingerprint density at radius 1 is 1.45 bits per heavy atom. The van der Waals surface area contributed by atoms with Crippen LogP contribution >= 0.6 is 0 Å². The van der Waals surface area contributed by atoms with Crippen LogP contribution in [0, 0.1) is 17.1 Å². The summed E-state index contributed by atoms with van der Waals surface area (Å²) in [6.45, 7) is 0.549. The fourth-order valence-electron chi connectivity index (χ4n) is 2.35. The predicted molar refractivity (Wildman–Crippen MR) is 73.8 cm³/mol. The summed E-state index contributed by atoms with van der Waals surface area (Å²) in [6.07, 6.45) is 4.14. The highest BCUT2D eigenvalue weighted by atomic mass is 19.1. The zero-order valence-corrected chi connectivity index (χ0v) is 11.3. The molecule has 0 spiro atoms. The fourth-order valence-corrected chi connectivity index (χ4v) is 2.35. The third kappa shape index (κ3) is 4.19. The summed E-state index contributed by atoms with van der Waals surface area (Å²) in [5.74, 6) is -0.447. The van der Waals surface area contributed by atoms with Crippen molar-refractivity contribution < 1.29 is 14.2 Å². The monoisotopic (exact) mass is 278 g/mol. The molecule has 5 heteroatoms. The smallest absolute Gasteiger partial charge is 0.124 e. The standard InChI is InChI=1S/C15H19FN2O2/c16-12-5-6-15(11(7-12)8-17)18-9-13(19)10-20-14-3-1-2-4-14/h5-7,13-14,18-19H,1-4,9-10H2. The molecule has 0 aliphatic heterocycles. The lowest BCUT2D eigenvalue weighted by atomic mass is 10.2. The van der Waals surface area contributed by atoms with Gasteiger partial charge in [0.15, 0.2) is 0 Å². The molecule has 1 fully saturated rings. The Morgan fingerprint density at radius 2 is 2.20 bits per heavy atom. The van der Waals surface area contributed by atoms with Gasteiger partial charge in [-0.15, -0.1) is 0 Å². The number of nitrogens with zero attached hydrogens (tertiary/aromatic N) is 1. The van der Waals surface area contributed by atoms with Crippen LogP contribution in [-0.2, 0) is 4.74 Å². The summed E-state index contributed by atoms with van der Waals surface area (Å²) >= 11 is 0. The summed E-state index contributed by atoms with van der Waals surface area (Å²) in [5.41, 5.74) is 0.753. The van der Waals surface area contributed by atoms with E-state index in [0.29, 0.717) is 5.69 Å². The Kier molecular flexibility index (Phi) is 5.33. The fraction of sp³-hybridized carbons (Fsp3) is 0.533. The van der Waals surface area contributed by atoms with Crippen LogP contribution in [0.4, 0.5) is 10.1 Å². The summed E-state index contributed by atoms with van der Waals surface area (Å²) in [4.78, 5) is 0. The number of hydrogen-bond acceptors (Lipinski definition) is 4. The van der Waals surface area contributed by atoms with Gasteiger partial charge < -0.3 is 15.2 Å². The van der Waals surface area contributed by atoms with Gasteiger partial charge in [0.05, 0.1) is 30.1 Å². The lowest BCUT2D eigenvalue weighted by molar-refractivity contribution is -0.00117. The van der Waals surface area contributed by atoms with Gasteiger partial charge in [-0.3, -0.25) is 0 Å². The number of anilines is 1. The van der Waals surface area contributed by atoms with E-state index in [9.17, 15) is 9.50 Å². The number of hydrogen-bond donors (Lipinski definition) is 2. The van der Waals surface area contributed by atoms with Gasteiger partial charge in [0.2, 0.25) is 0 Å². The molecule has 4 nitrogen and oxygen atoms in total. The first-order chi connectivity index (χ1) is 9.69. The second-order valence-corrected chi connectivity index (χ2v) is 5.08. The number of rotatable bonds is 6. The maximum absolute atomic E-state index is 13.0. The Labute approximate surface area is 118 Å². The quantitative estimate of drug-likeness (QED) is 0.838. The SMILES string of the molecule is N#Cc1cc(F)ccc1NCC(O)COC1CCCC1. The minimum atomic E-state index is -0.646. The van der Waals surface area contributed by atoms with Crippen LogP contribution in [0.5, 0.6) is 0 Å². The van der Waals surface area contributed by atoms with Gasteiger partial charge in [-0.25, -0.2) is 4.39 Å². The molecular formula is C15H19FN2O2. The van der Waals surface area contributed by atoms with Crippen LogP contribution in [0.2, 0.25) is 0 Å². The second kappa shape index (κ2) is 7.22. The van der Waals surface area contributed by atoms with E-state index in [1.165, 1.54) is 31.0 Å². The molecule has 2 rings (SSSR count). The van der Waals surface area contributed by atoms with Crippen molar-refractivity contribution in [3.63, 3.8) is 0 Å². The average molecular weight is 278 g/mol. The van der Waals surface area contributed by atoms with E-state index in [-0.39, 0.29) is 24.8 Å². The number of benzene rings is 1. The number of nitriles is 1. The minimum absolute atomic E-state index is 0.230. The first-order valence-electron chi connectivity index (χ1n) is 6.92. The summed E-state index contributed by atoms with van der Waals surface area (Å²) in [5, 5.41) is 21.7. The Morgan fingerprint density at radius 3 is 2.90 bits per heavy atom. The molecule has 1 atom stereocenters. The predicted octanol–water partition coefficient (Wildman–Crippen LogP) is 2.43. The first-order valence-corrected chi connectivity index (χ1v) is 6.92. The molecule has 0 saturated heterocycles. The molecular weight excluding hydrogens is 259 g/mol. The van der Waals surface area contributed by atoms with Gasteiger partial charge in [0, 0.05) is 6.54 Å². The van der Waals surface area contributed by atoms with Crippen LogP contribution in [0.3, 0.4) is 0 Å². The number of ether oxygens (including phenoxy) is 1. The summed E-state index contributed by atoms with van der Waals surface area (Å²) < 4.78 is 18.6. The van der Waals surface area contributed by atoms with Gasteiger partial charge in [0.1, 0.15) is 11.9 Å². The van der Waals surface area contributed by atoms with E-state index in [2.05, 4.69) is 5.32 Å². The molecule has 1 aromatic carbocycles. The third-order valence-corrected chi connectivity index (χ3v) is 3.46. The number of aliphatic hydroxyl groups is 1. The van der Waals surface area contributed by atoms with Gasteiger partial charge in [-0.2, -0.15) is 5.26 Å². The normalized spacial score (nSPS) is 16.9. The first kappa shape index (κ1) is 14.8. The maximum Gasteiger partial charge on any atom is 0.124 e. The van der Waals surface area contributed by atoms with Gasteiger partial charge in [0.25, 0.3) is 0 Å². The van der Waals surface area contributed by atoms with Crippen LogP contribution in [0.1, 0.15) is 31.2 Å². The van der Waals surface area contributed by atoms with Crippen molar-refractivity contribution >= 4 is 5.69 Å². The molecule has 1 aliphatic carbocycles. The van der Waals surface area contributed by atoms with E-state index in [4.69, 9.17) is 10.00 Å². The van der Waals surface area contributed by atoms with Crippen molar-refractivity contribution in [2.45, 2.75) is 37.9 Å². The maximum atomic E-state index is 13.0. The average Bonchev–Trinajstić information content (AvgIpc) is 2.97. The zero-order chi connectivity index (χ0) is 14.4. The van der Waals surface area contributed by atoms with Crippen molar-refractivity contribution in [2.75, 3.05) is 18.5 Å². The molecule has 2 N–H and O–H groups in total. The van der Waals surface area contributed by atoms with E-state index in [0.717, 1.165) is 12.8 Å². The van der Waals surface area contributed by atoms with E-state index in [1.54, 1.807) is 0 Å². The highest BCUT2D eigenvalue weighted by Gasteiger charge is 2.17. The topological polar surface area (TPSA) is 65.3 Å². The van der Waals surface area contributed by atoms with Crippen LogP contribution < -0.4 is 5.32 Å². The molecule has 1 unspecified atom stereocenters. The van der Waals surface area contributed by atoms with Crippen molar-refractivity contribution in [1.82, 2.24) is 0 Å². The Balaban J connectivity index is 1.78. The van der Waals surface area contributed by atoms with Gasteiger partial charge in [-0.05, 0) is 31.0 Å². The molecule has 1 saturated carbocycles. The Bertz CT molecular complexity index is 481. The van der Waals surface area contributed by atoms with Crippen LogP contribution in [0.15, 0.2) is 18.2 Å². The minimum Gasteiger partial charge on any atom is -0.389 e. The Hall–Kier alpha value is -1.64. The number of nitrogens with one attached hydrogen (secondary N) is 1. The number of halogens is 1. The largest absolute Gasteiger partial charge is 0.389 e.